The molecule has 0 amide bonds. The molecule has 1 fully saturated rings. The minimum absolute atomic E-state index is 0.264. The number of ether oxygens (including phenoxy) is 1. The van der Waals surface area contributed by atoms with E-state index < -0.39 is 11.7 Å². The molecule has 0 atom stereocenters. The summed E-state index contributed by atoms with van der Waals surface area (Å²) in [4.78, 5) is 0. The second kappa shape index (κ2) is 10.2. The van der Waals surface area contributed by atoms with E-state index in [1.54, 1.807) is 0 Å². The highest BCUT2D eigenvalue weighted by atomic mass is 19.4. The van der Waals surface area contributed by atoms with Crippen LogP contribution in [0.4, 0.5) is 13.2 Å². The van der Waals surface area contributed by atoms with Crippen LogP contribution in [-0.2, 0) is 12.8 Å². The molecule has 0 bridgehead atoms. The Balaban J connectivity index is 1.46. The van der Waals surface area contributed by atoms with Crippen molar-refractivity contribution in [3.05, 3.63) is 65.2 Å². The molecule has 0 aliphatic heterocycles. The largest absolute Gasteiger partial charge is 0.489 e. The molecule has 2 aromatic rings. The molecule has 1 aliphatic rings. The second-order valence-corrected chi connectivity index (χ2v) is 8.27. The first-order valence-electron chi connectivity index (χ1n) is 10.8. The van der Waals surface area contributed by atoms with Crippen LogP contribution in [0.3, 0.4) is 0 Å². The van der Waals surface area contributed by atoms with Crippen LogP contribution < -0.4 is 4.74 Å². The van der Waals surface area contributed by atoms with Crippen molar-refractivity contribution < 1.29 is 17.9 Å². The lowest BCUT2D eigenvalue weighted by Crippen LogP contribution is -2.13. The van der Waals surface area contributed by atoms with E-state index in [1.807, 2.05) is 12.1 Å². The van der Waals surface area contributed by atoms with Gasteiger partial charge in [-0.1, -0.05) is 56.9 Å². The molecule has 158 valence electrons. The van der Waals surface area contributed by atoms with Crippen LogP contribution in [0, 0.1) is 5.92 Å². The highest BCUT2D eigenvalue weighted by Gasteiger charge is 2.29. The summed E-state index contributed by atoms with van der Waals surface area (Å²) in [6.07, 6.45) is 6.31. The van der Waals surface area contributed by atoms with Gasteiger partial charge in [-0.2, -0.15) is 13.2 Å². The zero-order valence-electron chi connectivity index (χ0n) is 17.2. The van der Waals surface area contributed by atoms with E-state index >= 15 is 0 Å². The molecule has 4 heteroatoms. The quantitative estimate of drug-likeness (QED) is 0.403. The topological polar surface area (TPSA) is 9.23 Å². The van der Waals surface area contributed by atoms with Gasteiger partial charge >= 0.3 is 6.18 Å². The zero-order valence-corrected chi connectivity index (χ0v) is 17.2. The van der Waals surface area contributed by atoms with Crippen molar-refractivity contribution in [3.8, 4) is 5.75 Å². The van der Waals surface area contributed by atoms with Gasteiger partial charge in [0.2, 0.25) is 0 Å². The number of benzene rings is 2. The fraction of sp³-hybridized carbons (Fsp3) is 0.520. The highest BCUT2D eigenvalue weighted by Crippen LogP contribution is 2.38. The van der Waals surface area contributed by atoms with Gasteiger partial charge in [0.15, 0.2) is 0 Å². The molecule has 1 nitrogen and oxygen atoms in total. The first-order chi connectivity index (χ1) is 14.0. The summed E-state index contributed by atoms with van der Waals surface area (Å²) in [6.45, 7) is 2.52. The van der Waals surface area contributed by atoms with Gasteiger partial charge in [0, 0.05) is 0 Å². The van der Waals surface area contributed by atoms with Gasteiger partial charge in [-0.25, -0.2) is 0 Å². The van der Waals surface area contributed by atoms with E-state index in [1.165, 1.54) is 69.1 Å². The molecule has 0 heterocycles. The number of hydrogen-bond acceptors (Lipinski definition) is 1. The van der Waals surface area contributed by atoms with Gasteiger partial charge in [-0.3, -0.25) is 0 Å². The number of hydrogen-bond donors (Lipinski definition) is 0. The molecule has 2 aromatic carbocycles. The van der Waals surface area contributed by atoms with Gasteiger partial charge in [0.05, 0.1) is 5.56 Å². The Bertz CT molecular complexity index is 726. The molecular formula is C25H31F3O. The van der Waals surface area contributed by atoms with Crippen LogP contribution in [-0.4, -0.2) is 0 Å². The molecule has 0 aromatic heterocycles. The Morgan fingerprint density at radius 1 is 0.862 bits per heavy atom. The van der Waals surface area contributed by atoms with E-state index in [9.17, 15) is 13.2 Å². The van der Waals surface area contributed by atoms with Gasteiger partial charge in [0.25, 0.3) is 0 Å². The lowest BCUT2D eigenvalue weighted by atomic mass is 9.77. The van der Waals surface area contributed by atoms with Crippen LogP contribution >= 0.6 is 0 Å². The fourth-order valence-corrected chi connectivity index (χ4v) is 4.26. The summed E-state index contributed by atoms with van der Waals surface area (Å²) in [5.41, 5.74) is 1.47. The maximum Gasteiger partial charge on any atom is 0.416 e. The lowest BCUT2D eigenvalue weighted by Gasteiger charge is -2.29. The van der Waals surface area contributed by atoms with Crippen molar-refractivity contribution in [2.24, 2.45) is 5.92 Å². The molecule has 0 unspecified atom stereocenters. The first-order valence-corrected chi connectivity index (χ1v) is 10.8. The summed E-state index contributed by atoms with van der Waals surface area (Å²) < 4.78 is 43.6. The molecule has 0 saturated heterocycles. The van der Waals surface area contributed by atoms with Crippen molar-refractivity contribution in [3.63, 3.8) is 0 Å². The summed E-state index contributed by atoms with van der Waals surface area (Å²) in [5, 5.41) is 0. The average molecular weight is 405 g/mol. The minimum Gasteiger partial charge on any atom is -0.489 e. The smallest absolute Gasteiger partial charge is 0.416 e. The van der Waals surface area contributed by atoms with Crippen LogP contribution in [0.5, 0.6) is 5.75 Å². The first kappa shape index (κ1) is 21.7. The predicted molar refractivity (Wildman–Crippen MR) is 111 cm³/mol. The molecule has 0 N–H and O–H groups in total. The maximum absolute atomic E-state index is 12.6. The molecule has 1 aliphatic carbocycles. The monoisotopic (exact) mass is 404 g/mol. The Hall–Kier alpha value is -1.97. The third kappa shape index (κ3) is 6.52. The van der Waals surface area contributed by atoms with Gasteiger partial charge < -0.3 is 4.74 Å². The fourth-order valence-electron chi connectivity index (χ4n) is 4.26. The Labute approximate surface area is 172 Å². The van der Waals surface area contributed by atoms with Gasteiger partial charge in [-0.15, -0.1) is 0 Å². The van der Waals surface area contributed by atoms with E-state index in [2.05, 4.69) is 19.1 Å². The van der Waals surface area contributed by atoms with Crippen LogP contribution in [0.2, 0.25) is 0 Å². The van der Waals surface area contributed by atoms with Crippen LogP contribution in [0.15, 0.2) is 48.5 Å². The van der Waals surface area contributed by atoms with Crippen molar-refractivity contribution in [1.29, 1.82) is 0 Å². The van der Waals surface area contributed by atoms with E-state index in [-0.39, 0.29) is 6.61 Å². The van der Waals surface area contributed by atoms with Crippen molar-refractivity contribution >= 4 is 0 Å². The Kier molecular flexibility index (Phi) is 7.63. The summed E-state index contributed by atoms with van der Waals surface area (Å²) >= 11 is 0. The predicted octanol–water partition coefficient (Wildman–Crippen LogP) is 8.14. The number of rotatable bonds is 8. The summed E-state index contributed by atoms with van der Waals surface area (Å²) in [7, 11) is 0. The van der Waals surface area contributed by atoms with Crippen molar-refractivity contribution in [1.82, 2.24) is 0 Å². The molecular weight excluding hydrogens is 373 g/mol. The summed E-state index contributed by atoms with van der Waals surface area (Å²) in [6, 6.07) is 13.4. The van der Waals surface area contributed by atoms with E-state index in [0.29, 0.717) is 5.92 Å². The SMILES string of the molecule is CCCCCC1CCC(c2ccc(OCc3ccc(C(F)(F)F)cc3)cc2)CC1. The second-order valence-electron chi connectivity index (χ2n) is 8.27. The molecule has 1 saturated carbocycles. The molecule has 0 spiro atoms. The third-order valence-electron chi connectivity index (χ3n) is 6.10. The van der Waals surface area contributed by atoms with Gasteiger partial charge in [0.1, 0.15) is 12.4 Å². The van der Waals surface area contributed by atoms with Gasteiger partial charge in [-0.05, 0) is 72.9 Å². The molecule has 29 heavy (non-hydrogen) atoms. The minimum atomic E-state index is -4.30. The number of unbranched alkanes of at least 4 members (excludes halogenated alkanes) is 2. The number of alkyl halides is 3. The molecule has 0 radical (unpaired) electrons. The van der Waals surface area contributed by atoms with E-state index in [0.717, 1.165) is 29.4 Å². The highest BCUT2D eigenvalue weighted by molar-refractivity contribution is 5.30. The maximum atomic E-state index is 12.6. The van der Waals surface area contributed by atoms with Crippen LogP contribution in [0.1, 0.15) is 80.9 Å². The molecule has 3 rings (SSSR count). The number of halogens is 3. The Morgan fingerprint density at radius 2 is 1.52 bits per heavy atom. The lowest BCUT2D eigenvalue weighted by molar-refractivity contribution is -0.137. The third-order valence-corrected chi connectivity index (χ3v) is 6.10. The Morgan fingerprint density at radius 3 is 2.10 bits per heavy atom. The van der Waals surface area contributed by atoms with E-state index in [4.69, 9.17) is 4.74 Å². The normalized spacial score (nSPS) is 19.9. The van der Waals surface area contributed by atoms with Crippen LogP contribution in [0.25, 0.3) is 0 Å². The summed E-state index contributed by atoms with van der Waals surface area (Å²) in [5.74, 6) is 2.30. The van der Waals surface area contributed by atoms with Crippen molar-refractivity contribution in [2.75, 3.05) is 0 Å². The zero-order chi connectivity index (χ0) is 20.7. The average Bonchev–Trinajstić information content (AvgIpc) is 2.73. The van der Waals surface area contributed by atoms with Crippen molar-refractivity contribution in [2.45, 2.75) is 77.0 Å². The standard InChI is InChI=1S/C25H31F3O/c1-2-3-4-5-19-6-10-21(11-7-19)22-12-16-24(17-13-22)29-18-20-8-14-23(15-9-20)25(26,27)28/h8-9,12-17,19,21H,2-7,10-11,18H2,1H3.